The van der Waals surface area contributed by atoms with Crippen LogP contribution in [-0.2, 0) is 4.79 Å². The molecular formula is C17H16Cl2N2O3. The topological polar surface area (TPSA) is 67.4 Å². The van der Waals surface area contributed by atoms with E-state index >= 15 is 0 Å². The zero-order valence-electron chi connectivity index (χ0n) is 13.1. The average molecular weight is 367 g/mol. The first kappa shape index (κ1) is 18.1. The summed E-state index contributed by atoms with van der Waals surface area (Å²) in [7, 11) is 0. The molecule has 0 fully saturated rings. The van der Waals surface area contributed by atoms with Crippen molar-refractivity contribution in [3.63, 3.8) is 0 Å². The average Bonchev–Trinajstić information content (AvgIpc) is 2.55. The Morgan fingerprint density at radius 2 is 1.79 bits per heavy atom. The van der Waals surface area contributed by atoms with E-state index in [1.807, 2.05) is 19.1 Å². The van der Waals surface area contributed by atoms with Gasteiger partial charge >= 0.3 is 0 Å². The number of carbonyl (C=O) groups is 2. The molecule has 2 N–H and O–H groups in total. The van der Waals surface area contributed by atoms with Gasteiger partial charge in [0.1, 0.15) is 5.75 Å². The molecule has 7 heteroatoms. The van der Waals surface area contributed by atoms with Gasteiger partial charge in [0, 0.05) is 10.6 Å². The Morgan fingerprint density at radius 1 is 1.08 bits per heavy atom. The largest absolute Gasteiger partial charge is 0.479 e. The molecule has 0 heterocycles. The van der Waals surface area contributed by atoms with E-state index in [4.69, 9.17) is 27.9 Å². The van der Waals surface area contributed by atoms with Crippen LogP contribution in [0.15, 0.2) is 42.5 Å². The number of hydrogen-bond acceptors (Lipinski definition) is 3. The van der Waals surface area contributed by atoms with Gasteiger partial charge in [-0.2, -0.15) is 0 Å². The number of nitrogens with one attached hydrogen (secondary N) is 2. The van der Waals surface area contributed by atoms with Crippen LogP contribution in [0.25, 0.3) is 0 Å². The van der Waals surface area contributed by atoms with E-state index < -0.39 is 17.9 Å². The van der Waals surface area contributed by atoms with Gasteiger partial charge in [-0.05, 0) is 43.7 Å². The maximum Gasteiger partial charge on any atom is 0.279 e. The molecule has 0 aliphatic carbocycles. The molecule has 2 amide bonds. The number of amides is 2. The van der Waals surface area contributed by atoms with Crippen molar-refractivity contribution in [1.82, 2.24) is 10.9 Å². The van der Waals surface area contributed by atoms with Gasteiger partial charge in [0.2, 0.25) is 0 Å². The second kappa shape index (κ2) is 8.04. The minimum absolute atomic E-state index is 0.297. The predicted molar refractivity (Wildman–Crippen MR) is 93.3 cm³/mol. The van der Waals surface area contributed by atoms with Crippen LogP contribution in [0.2, 0.25) is 10.0 Å². The molecule has 0 saturated carbocycles. The van der Waals surface area contributed by atoms with Crippen LogP contribution in [-0.4, -0.2) is 17.9 Å². The Kier molecular flexibility index (Phi) is 6.06. The lowest BCUT2D eigenvalue weighted by Crippen LogP contribution is -2.47. The summed E-state index contributed by atoms with van der Waals surface area (Å²) in [5, 5.41) is 0.765. The van der Waals surface area contributed by atoms with Crippen molar-refractivity contribution >= 4 is 35.0 Å². The van der Waals surface area contributed by atoms with E-state index in [9.17, 15) is 9.59 Å². The standard InChI is InChI=1S/C17H16Cl2N2O3/c1-10-5-3-4-6-13(10)17(23)21-20-16(22)11(2)24-15-8-7-12(18)9-14(15)19/h3-9,11H,1-2H3,(H,20,22)(H,21,23)/t11-/m0/s1. The highest BCUT2D eigenvalue weighted by Crippen LogP contribution is 2.28. The van der Waals surface area contributed by atoms with Crippen LogP contribution < -0.4 is 15.6 Å². The molecular weight excluding hydrogens is 351 g/mol. The monoisotopic (exact) mass is 366 g/mol. The lowest BCUT2D eigenvalue weighted by atomic mass is 10.1. The normalized spacial score (nSPS) is 11.5. The molecule has 2 aromatic carbocycles. The minimum atomic E-state index is -0.860. The third-order valence-electron chi connectivity index (χ3n) is 3.26. The number of hydrogen-bond donors (Lipinski definition) is 2. The van der Waals surface area contributed by atoms with E-state index in [0.29, 0.717) is 21.4 Å². The smallest absolute Gasteiger partial charge is 0.279 e. The Labute approximate surface area is 149 Å². The molecule has 0 spiro atoms. The molecule has 0 saturated heterocycles. The van der Waals surface area contributed by atoms with Gasteiger partial charge in [0.15, 0.2) is 6.10 Å². The number of aryl methyl sites for hydroxylation is 1. The fraction of sp³-hybridized carbons (Fsp3) is 0.176. The summed E-state index contributed by atoms with van der Waals surface area (Å²) in [6, 6.07) is 11.8. The number of ether oxygens (including phenoxy) is 1. The number of hydrazine groups is 1. The number of halogens is 2. The van der Waals surface area contributed by atoms with Crippen molar-refractivity contribution in [3.8, 4) is 5.75 Å². The number of benzene rings is 2. The highest BCUT2D eigenvalue weighted by atomic mass is 35.5. The second-order valence-electron chi connectivity index (χ2n) is 5.09. The fourth-order valence-electron chi connectivity index (χ4n) is 1.93. The van der Waals surface area contributed by atoms with Crippen molar-refractivity contribution in [2.75, 3.05) is 0 Å². The Balaban J connectivity index is 1.92. The molecule has 0 unspecified atom stereocenters. The summed E-state index contributed by atoms with van der Waals surface area (Å²) in [5.74, 6) is -0.588. The highest BCUT2D eigenvalue weighted by molar-refractivity contribution is 6.35. The summed E-state index contributed by atoms with van der Waals surface area (Å²) in [5.41, 5.74) is 5.97. The van der Waals surface area contributed by atoms with Crippen molar-refractivity contribution in [2.24, 2.45) is 0 Å². The van der Waals surface area contributed by atoms with Crippen molar-refractivity contribution in [3.05, 3.63) is 63.6 Å². The molecule has 0 bridgehead atoms. The first-order chi connectivity index (χ1) is 11.4. The van der Waals surface area contributed by atoms with Gasteiger partial charge in [0.05, 0.1) is 5.02 Å². The molecule has 24 heavy (non-hydrogen) atoms. The highest BCUT2D eigenvalue weighted by Gasteiger charge is 2.17. The van der Waals surface area contributed by atoms with Crippen LogP contribution in [0.4, 0.5) is 0 Å². The Bertz CT molecular complexity index is 765. The van der Waals surface area contributed by atoms with Crippen LogP contribution in [0, 0.1) is 6.92 Å². The van der Waals surface area contributed by atoms with Crippen LogP contribution >= 0.6 is 23.2 Å². The van der Waals surface area contributed by atoms with E-state index in [-0.39, 0.29) is 0 Å². The zero-order chi connectivity index (χ0) is 17.7. The van der Waals surface area contributed by atoms with Gasteiger partial charge < -0.3 is 4.74 Å². The molecule has 0 aliphatic rings. The predicted octanol–water partition coefficient (Wildman–Crippen LogP) is 3.53. The Hall–Kier alpha value is -2.24. The Morgan fingerprint density at radius 3 is 2.46 bits per heavy atom. The SMILES string of the molecule is Cc1ccccc1C(=O)NNC(=O)[C@H](C)Oc1ccc(Cl)cc1Cl. The third-order valence-corrected chi connectivity index (χ3v) is 3.79. The molecule has 0 aliphatic heterocycles. The molecule has 5 nitrogen and oxygen atoms in total. The lowest BCUT2D eigenvalue weighted by Gasteiger charge is -2.16. The second-order valence-corrected chi connectivity index (χ2v) is 5.94. The summed E-state index contributed by atoms with van der Waals surface area (Å²) < 4.78 is 5.47. The van der Waals surface area contributed by atoms with Crippen molar-refractivity contribution in [1.29, 1.82) is 0 Å². The molecule has 0 aromatic heterocycles. The number of carbonyl (C=O) groups excluding carboxylic acids is 2. The maximum absolute atomic E-state index is 12.0. The summed E-state index contributed by atoms with van der Waals surface area (Å²) in [6.45, 7) is 3.35. The zero-order valence-corrected chi connectivity index (χ0v) is 14.6. The molecule has 1 atom stereocenters. The first-order valence-electron chi connectivity index (χ1n) is 7.16. The third kappa shape index (κ3) is 4.63. The maximum atomic E-state index is 12.0. The fourth-order valence-corrected chi connectivity index (χ4v) is 2.38. The van der Waals surface area contributed by atoms with E-state index in [1.165, 1.54) is 6.07 Å². The van der Waals surface area contributed by atoms with Gasteiger partial charge in [-0.1, -0.05) is 41.4 Å². The van der Waals surface area contributed by atoms with Gasteiger partial charge in [-0.3, -0.25) is 20.4 Å². The molecule has 126 valence electrons. The first-order valence-corrected chi connectivity index (χ1v) is 7.91. The van der Waals surface area contributed by atoms with Gasteiger partial charge in [0.25, 0.3) is 11.8 Å². The molecule has 2 aromatic rings. The van der Waals surface area contributed by atoms with E-state index in [2.05, 4.69) is 10.9 Å². The summed E-state index contributed by atoms with van der Waals surface area (Å²) >= 11 is 11.8. The van der Waals surface area contributed by atoms with Crippen LogP contribution in [0.3, 0.4) is 0 Å². The van der Waals surface area contributed by atoms with Crippen molar-refractivity contribution < 1.29 is 14.3 Å². The van der Waals surface area contributed by atoms with Crippen LogP contribution in [0.5, 0.6) is 5.75 Å². The quantitative estimate of drug-likeness (QED) is 0.813. The van der Waals surface area contributed by atoms with Crippen molar-refractivity contribution in [2.45, 2.75) is 20.0 Å². The summed E-state index contributed by atoms with van der Waals surface area (Å²) in [4.78, 5) is 24.1. The van der Waals surface area contributed by atoms with E-state index in [1.54, 1.807) is 31.2 Å². The minimum Gasteiger partial charge on any atom is -0.479 e. The molecule has 2 rings (SSSR count). The molecule has 0 radical (unpaired) electrons. The number of rotatable bonds is 4. The van der Waals surface area contributed by atoms with Crippen LogP contribution in [0.1, 0.15) is 22.8 Å². The van der Waals surface area contributed by atoms with Gasteiger partial charge in [-0.15, -0.1) is 0 Å². The van der Waals surface area contributed by atoms with Gasteiger partial charge in [-0.25, -0.2) is 0 Å². The lowest BCUT2D eigenvalue weighted by molar-refractivity contribution is -0.128. The summed E-state index contributed by atoms with van der Waals surface area (Å²) in [6.07, 6.45) is -0.860. The van der Waals surface area contributed by atoms with E-state index in [0.717, 1.165) is 5.56 Å².